The summed E-state index contributed by atoms with van der Waals surface area (Å²) in [6.07, 6.45) is 3.39. The van der Waals surface area contributed by atoms with Gasteiger partial charge in [-0.2, -0.15) is 5.10 Å². The third kappa shape index (κ3) is 5.83. The number of hydrogen-bond acceptors (Lipinski definition) is 4. The molecule has 30 heavy (non-hydrogen) atoms. The topological polar surface area (TPSA) is 79.6 Å². The minimum absolute atomic E-state index is 0.0331. The molecule has 0 fully saturated rings. The number of thiocarbonyl (C=S) groups is 1. The van der Waals surface area contributed by atoms with E-state index in [-0.39, 0.29) is 5.69 Å². The van der Waals surface area contributed by atoms with Gasteiger partial charge in [-0.15, -0.1) is 0 Å². The Morgan fingerprint density at radius 2 is 1.77 bits per heavy atom. The van der Waals surface area contributed by atoms with Gasteiger partial charge >= 0.3 is 0 Å². The molecule has 3 rings (SSSR count). The average molecular weight is 417 g/mol. The number of nitro benzene ring substituents is 1. The molecule has 0 amide bonds. The third-order valence-corrected chi connectivity index (χ3v) is 4.37. The van der Waals surface area contributed by atoms with Crippen molar-refractivity contribution in [1.82, 2.24) is 5.43 Å². The van der Waals surface area contributed by atoms with E-state index in [0.29, 0.717) is 16.4 Å². The molecule has 2 N–H and O–H groups in total. The van der Waals surface area contributed by atoms with Crippen molar-refractivity contribution in [2.75, 3.05) is 5.32 Å². The van der Waals surface area contributed by atoms with Crippen LogP contribution >= 0.6 is 12.2 Å². The number of hydrazone groups is 1. The predicted molar refractivity (Wildman–Crippen MR) is 126 cm³/mol. The Labute approximate surface area is 180 Å². The van der Waals surface area contributed by atoms with E-state index in [1.54, 1.807) is 30.4 Å². The average Bonchev–Trinajstić information content (AvgIpc) is 2.74. The number of aryl methyl sites for hydroxylation is 1. The van der Waals surface area contributed by atoms with Crippen LogP contribution in [-0.2, 0) is 0 Å². The summed E-state index contributed by atoms with van der Waals surface area (Å²) in [4.78, 5) is 10.8. The molecular formula is C23H20N4O2S. The number of para-hydroxylation sites is 1. The number of anilines is 1. The fourth-order valence-corrected chi connectivity index (χ4v) is 2.93. The second-order valence-electron chi connectivity index (χ2n) is 6.45. The van der Waals surface area contributed by atoms with Gasteiger partial charge < -0.3 is 5.32 Å². The van der Waals surface area contributed by atoms with Crippen molar-refractivity contribution in [3.05, 3.63) is 112 Å². The van der Waals surface area contributed by atoms with Gasteiger partial charge in [-0.25, -0.2) is 0 Å². The van der Waals surface area contributed by atoms with Gasteiger partial charge in [-0.1, -0.05) is 54.6 Å². The molecule has 0 saturated carbocycles. The Morgan fingerprint density at radius 1 is 1.03 bits per heavy atom. The molecule has 6 nitrogen and oxygen atoms in total. The number of rotatable bonds is 6. The number of nitrogens with one attached hydrogen (secondary N) is 2. The molecule has 3 aromatic rings. The van der Waals surface area contributed by atoms with Crippen LogP contribution in [0.4, 0.5) is 11.4 Å². The zero-order valence-electron chi connectivity index (χ0n) is 16.3. The highest BCUT2D eigenvalue weighted by Crippen LogP contribution is 2.19. The van der Waals surface area contributed by atoms with Crippen LogP contribution in [0.5, 0.6) is 0 Å². The van der Waals surface area contributed by atoms with Gasteiger partial charge in [-0.3, -0.25) is 15.5 Å². The van der Waals surface area contributed by atoms with E-state index in [0.717, 1.165) is 16.8 Å². The Balaban J connectivity index is 1.83. The van der Waals surface area contributed by atoms with Crippen LogP contribution in [0.25, 0.3) is 6.08 Å². The van der Waals surface area contributed by atoms with Gasteiger partial charge in [-0.05, 0) is 55.1 Å². The number of benzene rings is 3. The first-order chi connectivity index (χ1) is 14.5. The first-order valence-electron chi connectivity index (χ1n) is 9.21. The second kappa shape index (κ2) is 10.1. The fourth-order valence-electron chi connectivity index (χ4n) is 2.76. The van der Waals surface area contributed by atoms with Crippen LogP contribution in [-0.4, -0.2) is 15.7 Å². The maximum absolute atomic E-state index is 11.3. The smallest absolute Gasteiger partial charge is 0.276 e. The minimum atomic E-state index is -0.405. The van der Waals surface area contributed by atoms with E-state index in [9.17, 15) is 10.1 Å². The first-order valence-corrected chi connectivity index (χ1v) is 9.62. The molecule has 7 heteroatoms. The molecule has 0 aliphatic rings. The number of nitro groups is 1. The first kappa shape index (κ1) is 20.9. The van der Waals surface area contributed by atoms with Crippen LogP contribution in [0.15, 0.2) is 90.0 Å². The molecule has 150 valence electrons. The van der Waals surface area contributed by atoms with Crippen LogP contribution < -0.4 is 10.7 Å². The number of hydrogen-bond donors (Lipinski definition) is 2. The quantitative estimate of drug-likeness (QED) is 0.246. The molecule has 0 heterocycles. The number of nitrogens with zero attached hydrogens (tertiary/aromatic N) is 2. The van der Waals surface area contributed by atoms with Gasteiger partial charge in [0.15, 0.2) is 5.11 Å². The lowest BCUT2D eigenvalue weighted by atomic mass is 10.1. The molecule has 0 saturated heterocycles. The Morgan fingerprint density at radius 3 is 2.50 bits per heavy atom. The van der Waals surface area contributed by atoms with Gasteiger partial charge in [0.05, 0.1) is 16.2 Å². The van der Waals surface area contributed by atoms with Crippen molar-refractivity contribution in [2.45, 2.75) is 6.92 Å². The van der Waals surface area contributed by atoms with Gasteiger partial charge in [0.1, 0.15) is 0 Å². The molecule has 0 unspecified atom stereocenters. The summed E-state index contributed by atoms with van der Waals surface area (Å²) in [5.74, 6) is 0. The van der Waals surface area contributed by atoms with Gasteiger partial charge in [0.25, 0.3) is 5.69 Å². The second-order valence-corrected chi connectivity index (χ2v) is 6.86. The summed E-state index contributed by atoms with van der Waals surface area (Å²) in [6, 6.07) is 23.9. The lowest BCUT2D eigenvalue weighted by molar-refractivity contribution is -0.385. The normalized spacial score (nSPS) is 11.3. The molecule has 0 spiro atoms. The van der Waals surface area contributed by atoms with Crippen molar-refractivity contribution < 1.29 is 4.92 Å². The van der Waals surface area contributed by atoms with Crippen LogP contribution in [0.2, 0.25) is 0 Å². The molecule has 0 radical (unpaired) electrons. The largest absolute Gasteiger partial charge is 0.331 e. The van der Waals surface area contributed by atoms with E-state index in [2.05, 4.69) is 15.8 Å². The van der Waals surface area contributed by atoms with Crippen molar-refractivity contribution >= 4 is 40.5 Å². The summed E-state index contributed by atoms with van der Waals surface area (Å²) in [5.41, 5.74) is 6.78. The Kier molecular flexibility index (Phi) is 7.02. The van der Waals surface area contributed by atoms with Gasteiger partial charge in [0.2, 0.25) is 0 Å². The highest BCUT2D eigenvalue weighted by molar-refractivity contribution is 7.80. The minimum Gasteiger partial charge on any atom is -0.331 e. The maximum atomic E-state index is 11.3. The highest BCUT2D eigenvalue weighted by atomic mass is 32.1. The van der Waals surface area contributed by atoms with Crippen LogP contribution in [0, 0.1) is 17.0 Å². The highest BCUT2D eigenvalue weighted by Gasteiger charge is 2.10. The summed E-state index contributed by atoms with van der Waals surface area (Å²) in [7, 11) is 0. The molecule has 0 bridgehead atoms. The van der Waals surface area contributed by atoms with E-state index in [1.807, 2.05) is 61.5 Å². The van der Waals surface area contributed by atoms with Crippen molar-refractivity contribution in [2.24, 2.45) is 5.10 Å². The SMILES string of the molecule is Cc1cccc(NC(=S)NN=C(C=Cc2ccccc2[N+](=O)[O-])c2ccccc2)c1. The van der Waals surface area contributed by atoms with Gasteiger partial charge in [0, 0.05) is 17.3 Å². The standard InChI is InChI=1S/C23H20N4O2S/c1-17-8-7-12-20(16-17)24-23(30)26-25-21(18-9-3-2-4-10-18)15-14-19-11-5-6-13-22(19)27(28)29/h2-16H,1H3,(H2,24,26,30). The predicted octanol–water partition coefficient (Wildman–Crippen LogP) is 5.31. The van der Waals surface area contributed by atoms with Crippen molar-refractivity contribution in [3.63, 3.8) is 0 Å². The maximum Gasteiger partial charge on any atom is 0.276 e. The third-order valence-electron chi connectivity index (χ3n) is 4.18. The molecule has 0 atom stereocenters. The summed E-state index contributed by atoms with van der Waals surface area (Å²) < 4.78 is 0. The van der Waals surface area contributed by atoms with Crippen molar-refractivity contribution in [3.8, 4) is 0 Å². The Bertz CT molecular complexity index is 1110. The van der Waals surface area contributed by atoms with E-state index in [1.165, 1.54) is 6.07 Å². The zero-order valence-corrected chi connectivity index (χ0v) is 17.1. The summed E-state index contributed by atoms with van der Waals surface area (Å²) in [5, 5.41) is 19.1. The molecular weight excluding hydrogens is 396 g/mol. The molecule has 0 aromatic heterocycles. The lowest BCUT2D eigenvalue weighted by Gasteiger charge is -2.09. The fraction of sp³-hybridized carbons (Fsp3) is 0.0435. The summed E-state index contributed by atoms with van der Waals surface area (Å²) >= 11 is 5.34. The monoisotopic (exact) mass is 416 g/mol. The van der Waals surface area contributed by atoms with Crippen molar-refractivity contribution in [1.29, 1.82) is 0 Å². The van der Waals surface area contributed by atoms with E-state index in [4.69, 9.17) is 12.2 Å². The summed E-state index contributed by atoms with van der Waals surface area (Å²) in [6.45, 7) is 2.00. The lowest BCUT2D eigenvalue weighted by Crippen LogP contribution is -2.25. The number of allylic oxidation sites excluding steroid dienone is 1. The zero-order chi connectivity index (χ0) is 21.3. The molecule has 0 aliphatic heterocycles. The van der Waals surface area contributed by atoms with Crippen LogP contribution in [0.3, 0.4) is 0 Å². The van der Waals surface area contributed by atoms with Crippen LogP contribution in [0.1, 0.15) is 16.7 Å². The van der Waals surface area contributed by atoms with E-state index < -0.39 is 4.92 Å². The Hall–Kier alpha value is -3.84. The molecule has 3 aromatic carbocycles. The molecule has 0 aliphatic carbocycles. The van der Waals surface area contributed by atoms with E-state index >= 15 is 0 Å².